The van der Waals surface area contributed by atoms with Crippen molar-refractivity contribution in [2.75, 3.05) is 75.5 Å². The average Bonchev–Trinajstić information content (AvgIpc) is 3.89. The molecule has 0 aliphatic carbocycles. The number of sulfonamides is 2. The van der Waals surface area contributed by atoms with Crippen molar-refractivity contribution in [1.29, 1.82) is 5.26 Å². The zero-order valence-corrected chi connectivity index (χ0v) is 57.7. The number of carbonyl (C=O) groups is 1. The Bertz CT molecular complexity index is 2950. The maximum absolute atomic E-state index is 13.0. The molecular weight excluding hydrogens is 1240 g/mol. The molecule has 4 aliphatic heterocycles. The molecule has 432 valence electrons. The molecule has 4 aromatic carbocycles. The van der Waals surface area contributed by atoms with Gasteiger partial charge in [0.25, 0.3) is 6.47 Å². The van der Waals surface area contributed by atoms with Crippen molar-refractivity contribution in [2.24, 2.45) is 4.99 Å². The minimum atomic E-state index is -3.41. The maximum atomic E-state index is 13.0. The topological polar surface area (TPSA) is 250 Å². The van der Waals surface area contributed by atoms with E-state index in [1.54, 1.807) is 8.61 Å². The average molecular weight is 1310 g/mol. The van der Waals surface area contributed by atoms with Gasteiger partial charge in [0, 0.05) is 102 Å². The van der Waals surface area contributed by atoms with Crippen molar-refractivity contribution < 1.29 is 136 Å². The zero-order valence-electron chi connectivity index (χ0n) is 47.0. The van der Waals surface area contributed by atoms with Crippen molar-refractivity contribution in [3.05, 3.63) is 139 Å². The number of benzene rings is 4. The van der Waals surface area contributed by atoms with Crippen LogP contribution < -0.4 is 124 Å². The normalized spacial score (nSPS) is 20.3. The third-order valence-electron chi connectivity index (χ3n) is 14.4. The van der Waals surface area contributed by atoms with E-state index in [1.165, 1.54) is 24.3 Å². The Balaban J connectivity index is 0.000000479. The van der Waals surface area contributed by atoms with Gasteiger partial charge < -0.3 is 27.5 Å². The van der Waals surface area contributed by atoms with Crippen LogP contribution >= 0.6 is 58.8 Å². The molecule has 0 bridgehead atoms. The van der Waals surface area contributed by atoms with Crippen LogP contribution in [0.3, 0.4) is 0 Å². The van der Waals surface area contributed by atoms with E-state index in [2.05, 4.69) is 51.8 Å². The Labute approximate surface area is 589 Å². The van der Waals surface area contributed by atoms with Gasteiger partial charge in [-0.2, -0.15) is 23.8 Å². The van der Waals surface area contributed by atoms with Crippen LogP contribution in [0.25, 0.3) is 0 Å². The number of carbonyl (C=O) groups excluding carboxylic acids is 1. The number of nitrogens with two attached hydrogens (primary N) is 1. The minimum absolute atomic E-state index is 0. The number of piperidine rings is 2. The Morgan fingerprint density at radius 1 is 0.679 bits per heavy atom. The number of aromatic amines is 1. The van der Waals surface area contributed by atoms with Crippen LogP contribution in [-0.4, -0.2) is 165 Å². The molecule has 4 atom stereocenters. The number of nitrogens with one attached hydrogen (secondary N) is 2. The summed E-state index contributed by atoms with van der Waals surface area (Å²) in [5.74, 6) is 0.938. The molecule has 2 unspecified atom stereocenters. The molecule has 4 saturated heterocycles. The van der Waals surface area contributed by atoms with Crippen LogP contribution in [0.2, 0.25) is 20.1 Å². The van der Waals surface area contributed by atoms with Crippen LogP contribution in [0.15, 0.2) is 102 Å². The van der Waals surface area contributed by atoms with Gasteiger partial charge in [-0.25, -0.2) is 21.9 Å². The van der Waals surface area contributed by atoms with E-state index in [9.17, 15) is 16.8 Å². The number of rotatable bonds is 14. The van der Waals surface area contributed by atoms with Gasteiger partial charge in [0.2, 0.25) is 38.1 Å². The molecule has 9 rings (SSSR count). The molecule has 4 fully saturated rings. The van der Waals surface area contributed by atoms with Crippen LogP contribution in [0.1, 0.15) is 49.4 Å². The first-order chi connectivity index (χ1) is 37.3. The molecule has 19 nitrogen and oxygen atoms in total. The number of anilines is 2. The standard InChI is InChI=1S/C26H33Cl2N7O2S.C24H31Cl2N3O2S.C2H2N2.CH2O3.ClH.2K.H/c1-38(36,37)35-17-23(14-18-2-6-20(27)7-3-18)34(16-24(35)15-19-4-8-21(28)9-5-19)22-10-12-33(13-11-22)26-30-25(29)31-32-26;1-32(30,31)29-17-23(14-18-2-6-20(25)7-3-18)28(22-10-12-27-13-11-22)16-24(29)15-19-4-8-21(26)9-5-19;1-4-2-3;2-1-4-3;;;;/h2-9,22-24H,10-17H2,1H3,(H3,29,30,31,32);2-9,22-24,27H,10-17H2,1H3;1H2;1,3H;1H;;;/q;;;;;2*+1;-1/p-1/t2*23?,24-;;;;;;/m00....../s1. The minimum Gasteiger partial charge on any atom is -1.00 e. The first kappa shape index (κ1) is 73.9. The van der Waals surface area contributed by atoms with E-state index in [-0.39, 0.29) is 147 Å². The zero-order chi connectivity index (χ0) is 56.4. The Kier molecular flexibility index (Phi) is 33.5. The third-order valence-corrected chi connectivity index (χ3v) is 18.0. The van der Waals surface area contributed by atoms with Crippen molar-refractivity contribution in [3.63, 3.8) is 0 Å². The predicted molar refractivity (Wildman–Crippen MR) is 315 cm³/mol. The molecule has 5 aromatic rings. The second-order valence-corrected chi connectivity index (χ2v) is 25.3. The summed E-state index contributed by atoms with van der Waals surface area (Å²) in [6.07, 6.45) is 11.0. The summed E-state index contributed by atoms with van der Waals surface area (Å²) in [6, 6.07) is 31.9. The fourth-order valence-electron chi connectivity index (χ4n) is 10.8. The summed E-state index contributed by atoms with van der Waals surface area (Å²) in [5.41, 5.74) is 10.2. The Morgan fingerprint density at radius 2 is 1.00 bits per heavy atom. The van der Waals surface area contributed by atoms with E-state index >= 15 is 0 Å². The van der Waals surface area contributed by atoms with Crippen LogP contribution in [0, 0.1) is 11.5 Å². The quantitative estimate of drug-likeness (QED) is 0.0341. The summed E-state index contributed by atoms with van der Waals surface area (Å²) in [6.45, 7) is 8.66. The molecule has 5 heterocycles. The van der Waals surface area contributed by atoms with E-state index in [0.717, 1.165) is 87.9 Å². The molecule has 1 aromatic heterocycles. The number of aliphatic imine (C=N–C) groups is 1. The number of hydrogen-bond acceptors (Lipinski definition) is 16. The third kappa shape index (κ3) is 23.7. The van der Waals surface area contributed by atoms with E-state index < -0.39 is 20.0 Å². The van der Waals surface area contributed by atoms with Crippen molar-refractivity contribution in [1.82, 2.24) is 38.9 Å². The molecule has 0 spiro atoms. The first-order valence-corrected chi connectivity index (χ1v) is 30.6. The second kappa shape index (κ2) is 36.7. The van der Waals surface area contributed by atoms with Crippen molar-refractivity contribution in [3.8, 4) is 6.19 Å². The molecule has 0 saturated carbocycles. The van der Waals surface area contributed by atoms with Gasteiger partial charge in [0.05, 0.1) is 12.5 Å². The number of aromatic nitrogens is 3. The van der Waals surface area contributed by atoms with Gasteiger partial charge in [-0.15, -0.1) is 17.5 Å². The second-order valence-electron chi connectivity index (χ2n) is 19.7. The van der Waals surface area contributed by atoms with Gasteiger partial charge in [-0.1, -0.05) is 94.9 Å². The Hall–Kier alpha value is -1.37. The van der Waals surface area contributed by atoms with E-state index in [4.69, 9.17) is 67.5 Å². The van der Waals surface area contributed by atoms with Crippen molar-refractivity contribution >= 4 is 104 Å². The smallest absolute Gasteiger partial charge is 1.00 e. The fraction of sp³-hybridized carbons (Fsp3) is 0.453. The molecule has 4 aliphatic rings. The summed E-state index contributed by atoms with van der Waals surface area (Å²) in [4.78, 5) is 25.6. The molecule has 0 radical (unpaired) electrons. The van der Waals surface area contributed by atoms with Gasteiger partial charge in [0.1, 0.15) is 0 Å². The number of nitrogen functional groups attached to an aromatic ring is 1. The summed E-state index contributed by atoms with van der Waals surface area (Å²) in [7, 11) is -6.75. The number of hydrogen-bond donors (Lipinski definition) is 3. The number of nitrogens with zero attached hydrogens (tertiary/aromatic N) is 9. The van der Waals surface area contributed by atoms with Gasteiger partial charge in [-0.3, -0.25) is 14.6 Å². The SMILES string of the molecule is C=NC#N.CS(=O)(=O)N1CC(Cc2ccc(Cl)cc2)N(C2CCN(c3n[nH]c(N)n3)CC2)C[C@@H]1Cc1ccc(Cl)cc1.CS(=O)(=O)N1CC(Cc2ccc(Cl)cc2)N(C2CCNCC2)C[C@@H]1Cc1ccc(Cl)cc1.Cl.O=CO[O-].[H-].[K+].[K+]. The summed E-state index contributed by atoms with van der Waals surface area (Å²) < 4.78 is 55.1. The Morgan fingerprint density at radius 3 is 1.28 bits per heavy atom. The molecular formula is C53H69Cl5K2N12O7S2. The fourth-order valence-corrected chi connectivity index (χ4v) is 13.6. The molecule has 28 heteroatoms. The van der Waals surface area contributed by atoms with Crippen molar-refractivity contribution in [2.45, 2.75) is 87.6 Å². The van der Waals surface area contributed by atoms with Crippen LogP contribution in [0.4, 0.5) is 11.9 Å². The van der Waals surface area contributed by atoms with E-state index in [0.29, 0.717) is 76.5 Å². The monoisotopic (exact) mass is 1300 g/mol. The molecule has 4 N–H and O–H groups in total. The number of H-pyrrole nitrogens is 1. The number of piperazine rings is 2. The largest absolute Gasteiger partial charge is 1.00 e. The van der Waals surface area contributed by atoms with Gasteiger partial charge >= 0.3 is 103 Å². The molecule has 0 amide bonds. The van der Waals surface area contributed by atoms with Gasteiger partial charge in [-0.05, 0) is 135 Å². The molecule has 81 heavy (non-hydrogen) atoms. The predicted octanol–water partition coefficient (Wildman–Crippen LogP) is 0.452. The van der Waals surface area contributed by atoms with Crippen LogP contribution in [0.5, 0.6) is 0 Å². The number of halogens is 5. The van der Waals surface area contributed by atoms with Gasteiger partial charge in [0.15, 0.2) is 0 Å². The first-order valence-electron chi connectivity index (χ1n) is 25.4. The number of nitriles is 1. The summed E-state index contributed by atoms with van der Waals surface area (Å²) >= 11 is 24.4. The summed E-state index contributed by atoms with van der Waals surface area (Å²) in [5, 5.41) is 29.0. The maximum Gasteiger partial charge on any atom is 1.00 e. The van der Waals surface area contributed by atoms with Crippen LogP contribution in [-0.2, 0) is 55.4 Å². The van der Waals surface area contributed by atoms with E-state index in [1.807, 2.05) is 97.1 Å².